The Morgan fingerprint density at radius 1 is 1.17 bits per heavy atom. The number of allylic oxidation sites excluding steroid dienone is 3. The smallest absolute Gasteiger partial charge is 0.429 e. The Morgan fingerprint density at radius 2 is 1.90 bits per heavy atom. The first-order chi connectivity index (χ1) is 22.8. The van der Waals surface area contributed by atoms with Crippen molar-refractivity contribution in [2.75, 3.05) is 36.9 Å². The van der Waals surface area contributed by atoms with E-state index in [1.54, 1.807) is 38.1 Å². The van der Waals surface area contributed by atoms with E-state index in [4.69, 9.17) is 26.8 Å². The van der Waals surface area contributed by atoms with Gasteiger partial charge in [-0.2, -0.15) is 28.2 Å². The molecule has 3 N–H and O–H groups in total. The van der Waals surface area contributed by atoms with E-state index in [1.807, 2.05) is 4.90 Å². The molecule has 2 fully saturated rings. The number of nitrogens with two attached hydrogens (primary N) is 1. The summed E-state index contributed by atoms with van der Waals surface area (Å²) >= 11 is 6.02. The van der Waals surface area contributed by atoms with Crippen LogP contribution >= 0.6 is 11.6 Å². The minimum atomic E-state index is -5.04. The Bertz CT molecular complexity index is 1720. The summed E-state index contributed by atoms with van der Waals surface area (Å²) in [6, 6.07) is 9.04. The summed E-state index contributed by atoms with van der Waals surface area (Å²) in [4.78, 5) is 22.4. The van der Waals surface area contributed by atoms with E-state index in [0.717, 1.165) is 10.8 Å². The number of halogens is 5. The molecule has 1 aliphatic carbocycles. The minimum absolute atomic E-state index is 0.117. The zero-order valence-corrected chi connectivity index (χ0v) is 27.2. The summed E-state index contributed by atoms with van der Waals surface area (Å²) < 4.78 is 73.5. The average Bonchev–Trinajstić information content (AvgIpc) is 3.67. The first kappa shape index (κ1) is 33.7. The summed E-state index contributed by atoms with van der Waals surface area (Å²) in [5.41, 5.74) is 6.65. The molecule has 0 saturated carbocycles. The monoisotopic (exact) mass is 689 g/mol. The van der Waals surface area contributed by atoms with Crippen LogP contribution in [-0.2, 0) is 15.3 Å². The van der Waals surface area contributed by atoms with Gasteiger partial charge in [0.15, 0.2) is 0 Å². The highest BCUT2D eigenvalue weighted by Gasteiger charge is 2.54. The Kier molecular flexibility index (Phi) is 9.16. The molecule has 6 rings (SSSR count). The van der Waals surface area contributed by atoms with Gasteiger partial charge in [0.1, 0.15) is 11.9 Å². The zero-order chi connectivity index (χ0) is 34.3. The predicted molar refractivity (Wildman–Crippen MR) is 172 cm³/mol. The Balaban J connectivity index is 1.27. The molecule has 0 radical (unpaired) electrons. The number of carbonyl (C=O) groups is 1. The summed E-state index contributed by atoms with van der Waals surface area (Å²) in [5, 5.41) is 7.89. The fraction of sp³-hybridized carbons (Fsp3) is 0.455. The molecule has 48 heavy (non-hydrogen) atoms. The van der Waals surface area contributed by atoms with Gasteiger partial charge < -0.3 is 25.4 Å². The molecular formula is C33H36ClF4N7O3. The number of aryl methyl sites for hydroxylation is 1. The third kappa shape index (κ3) is 6.86. The number of hydrogen-bond acceptors (Lipinski definition) is 9. The molecule has 2 aromatic heterocycles. The molecule has 1 unspecified atom stereocenters. The van der Waals surface area contributed by atoms with E-state index in [2.05, 4.69) is 20.4 Å². The Hall–Kier alpha value is -4.17. The number of nitrogen functional groups attached to an aromatic ring is 1. The van der Waals surface area contributed by atoms with Gasteiger partial charge in [-0.15, -0.1) is 0 Å². The van der Waals surface area contributed by atoms with Crippen LogP contribution in [-0.4, -0.2) is 70.3 Å². The lowest BCUT2D eigenvalue weighted by molar-refractivity contribution is -0.191. The molecule has 0 amide bonds. The van der Waals surface area contributed by atoms with Crippen LogP contribution in [0, 0.1) is 12.3 Å². The maximum absolute atomic E-state index is 17.3. The highest BCUT2D eigenvalue weighted by atomic mass is 35.5. The van der Waals surface area contributed by atoms with Crippen molar-refractivity contribution in [2.45, 2.75) is 63.6 Å². The predicted octanol–water partition coefficient (Wildman–Crippen LogP) is 5.77. The van der Waals surface area contributed by atoms with Crippen LogP contribution < -0.4 is 20.7 Å². The molecule has 3 aromatic rings. The Morgan fingerprint density at radius 3 is 2.54 bits per heavy atom. The quantitative estimate of drug-likeness (QED) is 0.224. The molecule has 1 spiro atoms. The lowest BCUT2D eigenvalue weighted by Gasteiger charge is -2.39. The largest absolute Gasteiger partial charge is 0.465 e. The number of rotatable bonds is 8. The standard InChI is InChI=1S/C33H36ClF4N7O3/c1-3-47-29(46)25-18-31(19-40-25)11-14-44(15-12-31)26-16-27(42-30(39)41-26)48-28(33(36,37)38)24-9-6-22(21-4-7-23(34)8-5-21)17-32(24,35)45-13-10-20(2)43-45/h4-10,13,16,25,28,40H,3,11-12,14-15,17-19H2,1-2H3,(H2,39,41,42)/t25-,28+,32?/m0/s1. The minimum Gasteiger partial charge on any atom is -0.465 e. The van der Waals surface area contributed by atoms with Crippen molar-refractivity contribution in [3.8, 4) is 5.88 Å². The molecular weight excluding hydrogens is 654 g/mol. The lowest BCUT2D eigenvalue weighted by Crippen LogP contribution is -2.46. The average molecular weight is 690 g/mol. The molecule has 10 nitrogen and oxygen atoms in total. The number of nitrogens with zero attached hydrogens (tertiary/aromatic N) is 5. The number of ether oxygens (including phenoxy) is 2. The number of esters is 1. The van der Waals surface area contributed by atoms with Crippen molar-refractivity contribution < 1.29 is 31.8 Å². The van der Waals surface area contributed by atoms with Gasteiger partial charge in [-0.25, -0.2) is 9.07 Å². The van der Waals surface area contributed by atoms with Crippen LogP contribution in [0.15, 0.2) is 60.3 Å². The van der Waals surface area contributed by atoms with Gasteiger partial charge in [-0.1, -0.05) is 35.9 Å². The molecule has 3 atom stereocenters. The highest BCUT2D eigenvalue weighted by Crippen LogP contribution is 2.47. The molecule has 0 bridgehead atoms. The fourth-order valence-corrected chi connectivity index (χ4v) is 6.83. The maximum Gasteiger partial charge on any atom is 0.429 e. The molecule has 2 saturated heterocycles. The summed E-state index contributed by atoms with van der Waals surface area (Å²) in [7, 11) is 0. The first-order valence-corrected chi connectivity index (χ1v) is 16.1. The van der Waals surface area contributed by atoms with Crippen molar-refractivity contribution >= 4 is 34.9 Å². The number of nitrogens with one attached hydrogen (secondary N) is 1. The molecule has 3 aliphatic rings. The maximum atomic E-state index is 17.3. The molecule has 256 valence electrons. The second-order valence-corrected chi connectivity index (χ2v) is 12.9. The molecule has 1 aromatic carbocycles. The third-order valence-corrected chi connectivity index (χ3v) is 9.49. The molecule has 4 heterocycles. The van der Waals surface area contributed by atoms with E-state index >= 15 is 4.39 Å². The number of alkyl halides is 4. The highest BCUT2D eigenvalue weighted by molar-refractivity contribution is 6.30. The summed E-state index contributed by atoms with van der Waals surface area (Å²) in [6.45, 7) is 5.38. The lowest BCUT2D eigenvalue weighted by atomic mass is 9.76. The second-order valence-electron chi connectivity index (χ2n) is 12.5. The van der Waals surface area contributed by atoms with Crippen molar-refractivity contribution in [1.82, 2.24) is 25.1 Å². The summed E-state index contributed by atoms with van der Waals surface area (Å²) in [5.74, 6) is -3.45. The van der Waals surface area contributed by atoms with E-state index in [9.17, 15) is 18.0 Å². The van der Waals surface area contributed by atoms with Gasteiger partial charge in [-0.3, -0.25) is 4.79 Å². The van der Waals surface area contributed by atoms with E-state index < -0.39 is 35.9 Å². The van der Waals surface area contributed by atoms with Gasteiger partial charge >= 0.3 is 12.1 Å². The van der Waals surface area contributed by atoms with Crippen LogP contribution in [0.2, 0.25) is 5.02 Å². The van der Waals surface area contributed by atoms with Crippen LogP contribution in [0.3, 0.4) is 0 Å². The number of piperidine rings is 1. The van der Waals surface area contributed by atoms with E-state index in [-0.39, 0.29) is 29.2 Å². The normalized spacial score (nSPS) is 23.1. The van der Waals surface area contributed by atoms with Gasteiger partial charge in [0.25, 0.3) is 0 Å². The number of hydrogen-bond donors (Lipinski definition) is 2. The van der Waals surface area contributed by atoms with Crippen molar-refractivity contribution in [1.29, 1.82) is 0 Å². The van der Waals surface area contributed by atoms with Gasteiger partial charge in [-0.05, 0) is 67.9 Å². The second kappa shape index (κ2) is 13.0. The van der Waals surface area contributed by atoms with Crippen molar-refractivity contribution in [2.24, 2.45) is 5.41 Å². The molecule has 2 aliphatic heterocycles. The Labute approximate surface area is 279 Å². The van der Waals surface area contributed by atoms with Crippen LogP contribution in [0.25, 0.3) is 5.57 Å². The van der Waals surface area contributed by atoms with Gasteiger partial charge in [0.05, 0.1) is 12.3 Å². The van der Waals surface area contributed by atoms with Crippen molar-refractivity contribution in [3.63, 3.8) is 0 Å². The first-order valence-electron chi connectivity index (χ1n) is 15.7. The number of carbonyl (C=O) groups excluding carboxylic acids is 1. The van der Waals surface area contributed by atoms with Crippen LogP contribution in [0.1, 0.15) is 43.9 Å². The molecule has 15 heteroatoms. The topological polar surface area (TPSA) is 120 Å². The SMILES string of the molecule is CCOC(=O)[C@@H]1CC2(CCN(c3cc(O[C@H](C4=CC=C(c5ccc(Cl)cc5)CC4(F)n4ccc(C)n4)C(F)(F)F)nc(N)n3)CC2)CN1. The number of aromatic nitrogens is 4. The van der Waals surface area contributed by atoms with Gasteiger partial charge in [0.2, 0.25) is 23.7 Å². The fourth-order valence-electron chi connectivity index (χ4n) is 6.71. The number of anilines is 2. The van der Waals surface area contributed by atoms with Crippen LogP contribution in [0.4, 0.5) is 29.3 Å². The van der Waals surface area contributed by atoms with Crippen LogP contribution in [0.5, 0.6) is 5.88 Å². The van der Waals surface area contributed by atoms with E-state index in [1.165, 1.54) is 24.4 Å². The van der Waals surface area contributed by atoms with Gasteiger partial charge in [0, 0.05) is 48.9 Å². The third-order valence-electron chi connectivity index (χ3n) is 9.24. The summed E-state index contributed by atoms with van der Waals surface area (Å²) in [6.07, 6.45) is -2.31. The number of benzene rings is 1. The zero-order valence-electron chi connectivity index (χ0n) is 26.4. The van der Waals surface area contributed by atoms with Crippen molar-refractivity contribution in [3.05, 3.63) is 76.6 Å². The van der Waals surface area contributed by atoms with E-state index in [0.29, 0.717) is 67.4 Å².